The standard InChI is InChI=1S/C17H21N3O4S/c1-20(2)9-10-24-14-6-4-3-5-12(14)13-11-25-17(18-13)19-15(21)7-8-16(22)23/h3-6,11H,7-10H2,1-2H3,(H,22,23)(H,18,19,21). The van der Waals surface area contributed by atoms with Crippen LogP contribution >= 0.6 is 11.3 Å². The van der Waals surface area contributed by atoms with Crippen molar-refractivity contribution in [2.45, 2.75) is 12.8 Å². The molecule has 2 rings (SSSR count). The van der Waals surface area contributed by atoms with E-state index in [1.165, 1.54) is 11.3 Å². The monoisotopic (exact) mass is 363 g/mol. The van der Waals surface area contributed by atoms with Gasteiger partial charge in [-0.25, -0.2) is 4.98 Å². The zero-order valence-electron chi connectivity index (χ0n) is 14.2. The summed E-state index contributed by atoms with van der Waals surface area (Å²) in [5.41, 5.74) is 1.56. The van der Waals surface area contributed by atoms with Crippen molar-refractivity contribution >= 4 is 28.3 Å². The van der Waals surface area contributed by atoms with Crippen molar-refractivity contribution in [3.05, 3.63) is 29.6 Å². The molecule has 0 bridgehead atoms. The number of carboxylic acid groups (broad SMARTS) is 1. The number of para-hydroxylation sites is 1. The first-order valence-electron chi connectivity index (χ1n) is 7.80. The minimum atomic E-state index is -1.00. The number of carbonyl (C=O) groups is 2. The van der Waals surface area contributed by atoms with Crippen molar-refractivity contribution < 1.29 is 19.4 Å². The summed E-state index contributed by atoms with van der Waals surface area (Å²) >= 11 is 1.29. The highest BCUT2D eigenvalue weighted by molar-refractivity contribution is 7.14. The van der Waals surface area contributed by atoms with Crippen molar-refractivity contribution in [2.24, 2.45) is 0 Å². The van der Waals surface area contributed by atoms with Gasteiger partial charge in [-0.05, 0) is 26.2 Å². The Kier molecular flexibility index (Phi) is 6.91. The lowest BCUT2D eigenvalue weighted by Gasteiger charge is -2.13. The molecule has 134 valence electrons. The number of carboxylic acids is 1. The van der Waals surface area contributed by atoms with Crippen LogP contribution in [-0.2, 0) is 9.59 Å². The van der Waals surface area contributed by atoms with Gasteiger partial charge in [0.15, 0.2) is 5.13 Å². The molecule has 25 heavy (non-hydrogen) atoms. The maximum Gasteiger partial charge on any atom is 0.303 e. The third-order valence-electron chi connectivity index (χ3n) is 3.28. The third-order valence-corrected chi connectivity index (χ3v) is 4.03. The molecule has 1 amide bonds. The summed E-state index contributed by atoms with van der Waals surface area (Å²) < 4.78 is 5.83. The maximum atomic E-state index is 11.7. The maximum absolute atomic E-state index is 11.7. The van der Waals surface area contributed by atoms with E-state index in [0.717, 1.165) is 17.9 Å². The van der Waals surface area contributed by atoms with Gasteiger partial charge in [0.05, 0.1) is 12.1 Å². The van der Waals surface area contributed by atoms with E-state index < -0.39 is 5.97 Å². The molecule has 8 heteroatoms. The average molecular weight is 363 g/mol. The van der Waals surface area contributed by atoms with Gasteiger partial charge in [0, 0.05) is 23.9 Å². The molecule has 0 atom stereocenters. The third kappa shape index (κ3) is 6.17. The number of carbonyl (C=O) groups excluding carboxylic acids is 1. The van der Waals surface area contributed by atoms with Crippen LogP contribution in [-0.4, -0.2) is 54.1 Å². The Morgan fingerprint density at radius 1 is 1.28 bits per heavy atom. The second-order valence-electron chi connectivity index (χ2n) is 5.63. The molecule has 2 N–H and O–H groups in total. The molecule has 0 saturated carbocycles. The predicted molar refractivity (Wildman–Crippen MR) is 97.1 cm³/mol. The zero-order valence-corrected chi connectivity index (χ0v) is 15.0. The van der Waals surface area contributed by atoms with Gasteiger partial charge in [-0.15, -0.1) is 11.3 Å². The number of hydrogen-bond donors (Lipinski definition) is 2. The fourth-order valence-corrected chi connectivity index (χ4v) is 2.73. The van der Waals surface area contributed by atoms with Crippen LogP contribution in [0.3, 0.4) is 0 Å². The van der Waals surface area contributed by atoms with Gasteiger partial charge in [-0.1, -0.05) is 12.1 Å². The Morgan fingerprint density at radius 2 is 2.04 bits per heavy atom. The minimum absolute atomic E-state index is 0.0749. The van der Waals surface area contributed by atoms with E-state index in [0.29, 0.717) is 17.4 Å². The van der Waals surface area contributed by atoms with Crippen LogP contribution in [0.1, 0.15) is 12.8 Å². The van der Waals surface area contributed by atoms with Crippen LogP contribution in [0.5, 0.6) is 5.75 Å². The summed E-state index contributed by atoms with van der Waals surface area (Å²) in [5, 5.41) is 13.5. The zero-order chi connectivity index (χ0) is 18.2. The first kappa shape index (κ1) is 18.9. The number of hydrogen-bond acceptors (Lipinski definition) is 6. The molecule has 0 aliphatic carbocycles. The molecular formula is C17H21N3O4S. The molecular weight excluding hydrogens is 342 g/mol. The second kappa shape index (κ2) is 9.14. The number of aromatic nitrogens is 1. The Bertz CT molecular complexity index is 730. The Hall–Kier alpha value is -2.45. The highest BCUT2D eigenvalue weighted by Gasteiger charge is 2.12. The molecule has 2 aromatic rings. The molecule has 1 aromatic heterocycles. The Labute approximate surface area is 150 Å². The van der Waals surface area contributed by atoms with Crippen molar-refractivity contribution in [2.75, 3.05) is 32.6 Å². The first-order valence-corrected chi connectivity index (χ1v) is 8.68. The molecule has 0 aliphatic heterocycles. The van der Waals surface area contributed by atoms with Crippen LogP contribution in [0.2, 0.25) is 0 Å². The number of amides is 1. The molecule has 0 radical (unpaired) electrons. The highest BCUT2D eigenvalue weighted by Crippen LogP contribution is 2.32. The molecule has 7 nitrogen and oxygen atoms in total. The van der Waals surface area contributed by atoms with E-state index in [1.807, 2.05) is 48.6 Å². The van der Waals surface area contributed by atoms with Crippen molar-refractivity contribution in [1.29, 1.82) is 0 Å². The number of nitrogens with one attached hydrogen (secondary N) is 1. The van der Waals surface area contributed by atoms with Gasteiger partial charge in [0.2, 0.25) is 5.91 Å². The summed E-state index contributed by atoms with van der Waals surface area (Å²) in [6.45, 7) is 1.36. The smallest absolute Gasteiger partial charge is 0.303 e. The quantitative estimate of drug-likeness (QED) is 0.711. The molecule has 0 spiro atoms. The van der Waals surface area contributed by atoms with E-state index in [9.17, 15) is 9.59 Å². The summed E-state index contributed by atoms with van der Waals surface area (Å²) in [7, 11) is 3.96. The van der Waals surface area contributed by atoms with E-state index in [4.69, 9.17) is 9.84 Å². The van der Waals surface area contributed by atoms with Crippen LogP contribution in [0, 0.1) is 0 Å². The SMILES string of the molecule is CN(C)CCOc1ccccc1-c1csc(NC(=O)CCC(=O)O)n1. The lowest BCUT2D eigenvalue weighted by atomic mass is 10.1. The lowest BCUT2D eigenvalue weighted by molar-refractivity contribution is -0.138. The van der Waals surface area contributed by atoms with Gasteiger partial charge < -0.3 is 20.1 Å². The van der Waals surface area contributed by atoms with E-state index in [2.05, 4.69) is 10.3 Å². The van der Waals surface area contributed by atoms with Crippen molar-refractivity contribution in [3.63, 3.8) is 0 Å². The fourth-order valence-electron chi connectivity index (χ4n) is 2.00. The van der Waals surface area contributed by atoms with Crippen LogP contribution in [0.15, 0.2) is 29.6 Å². The highest BCUT2D eigenvalue weighted by atomic mass is 32.1. The number of thiazole rings is 1. The molecule has 0 fully saturated rings. The molecule has 0 saturated heterocycles. The van der Waals surface area contributed by atoms with Crippen LogP contribution in [0.4, 0.5) is 5.13 Å². The van der Waals surface area contributed by atoms with Gasteiger partial charge in [0.1, 0.15) is 12.4 Å². The van der Waals surface area contributed by atoms with Crippen molar-refractivity contribution in [1.82, 2.24) is 9.88 Å². The van der Waals surface area contributed by atoms with Gasteiger partial charge in [0.25, 0.3) is 0 Å². The lowest BCUT2D eigenvalue weighted by Crippen LogP contribution is -2.19. The van der Waals surface area contributed by atoms with E-state index in [1.54, 1.807) is 0 Å². The molecule has 0 unspecified atom stereocenters. The van der Waals surface area contributed by atoms with E-state index >= 15 is 0 Å². The summed E-state index contributed by atoms with van der Waals surface area (Å²) in [6.07, 6.45) is -0.277. The summed E-state index contributed by atoms with van der Waals surface area (Å²) in [5.74, 6) is -0.629. The number of aliphatic carboxylic acids is 1. The first-order chi connectivity index (χ1) is 12.0. The molecule has 1 heterocycles. The minimum Gasteiger partial charge on any atom is -0.492 e. The Morgan fingerprint density at radius 3 is 2.76 bits per heavy atom. The predicted octanol–water partition coefficient (Wildman–Crippen LogP) is 2.55. The largest absolute Gasteiger partial charge is 0.492 e. The number of likely N-dealkylation sites (N-methyl/N-ethyl adjacent to an activating group) is 1. The number of ether oxygens (including phenoxy) is 1. The molecule has 1 aromatic carbocycles. The van der Waals surface area contributed by atoms with Gasteiger partial charge in [-0.2, -0.15) is 0 Å². The molecule has 0 aliphatic rings. The van der Waals surface area contributed by atoms with Crippen molar-refractivity contribution in [3.8, 4) is 17.0 Å². The van der Waals surface area contributed by atoms with Crippen LogP contribution < -0.4 is 10.1 Å². The normalized spacial score (nSPS) is 10.7. The fraction of sp³-hybridized carbons (Fsp3) is 0.353. The number of rotatable bonds is 9. The topological polar surface area (TPSA) is 91.8 Å². The second-order valence-corrected chi connectivity index (χ2v) is 6.49. The summed E-state index contributed by atoms with van der Waals surface area (Å²) in [6, 6.07) is 7.60. The number of benzene rings is 1. The average Bonchev–Trinajstić information content (AvgIpc) is 3.01. The number of nitrogens with zero attached hydrogens (tertiary/aromatic N) is 2. The summed E-state index contributed by atoms with van der Waals surface area (Å²) in [4.78, 5) is 28.6. The number of anilines is 1. The van der Waals surface area contributed by atoms with Crippen LogP contribution in [0.25, 0.3) is 11.3 Å². The Balaban J connectivity index is 2.04. The van der Waals surface area contributed by atoms with E-state index in [-0.39, 0.29) is 18.7 Å². The van der Waals surface area contributed by atoms with Gasteiger partial charge >= 0.3 is 5.97 Å². The van der Waals surface area contributed by atoms with Gasteiger partial charge in [-0.3, -0.25) is 9.59 Å².